The molecule has 1 aliphatic heterocycles. The van der Waals surface area contributed by atoms with Gasteiger partial charge in [0.1, 0.15) is 22.9 Å². The number of fused-ring (bicyclic) bond motifs is 1. The van der Waals surface area contributed by atoms with Crippen molar-refractivity contribution < 1.29 is 23.9 Å². The van der Waals surface area contributed by atoms with Crippen LogP contribution in [0.25, 0.3) is 0 Å². The summed E-state index contributed by atoms with van der Waals surface area (Å²) < 4.78 is 11.3. The Kier molecular flexibility index (Phi) is 7.68. The number of anilines is 2. The van der Waals surface area contributed by atoms with Crippen molar-refractivity contribution >= 4 is 39.9 Å². The number of amides is 1. The van der Waals surface area contributed by atoms with Gasteiger partial charge in [-0.15, -0.1) is 11.3 Å². The maximum absolute atomic E-state index is 13.1. The van der Waals surface area contributed by atoms with Crippen LogP contribution in [0.4, 0.5) is 15.5 Å². The molecule has 13 heteroatoms. The first-order valence-electron chi connectivity index (χ1n) is 12.6. The number of carbonyl (C=O) groups is 2. The van der Waals surface area contributed by atoms with Gasteiger partial charge in [0.15, 0.2) is 5.84 Å². The highest BCUT2D eigenvalue weighted by Gasteiger charge is 2.44. The van der Waals surface area contributed by atoms with Crippen LogP contribution in [0.1, 0.15) is 69.5 Å². The van der Waals surface area contributed by atoms with Gasteiger partial charge in [-0.05, 0) is 65.9 Å². The second kappa shape index (κ2) is 10.6. The summed E-state index contributed by atoms with van der Waals surface area (Å²) in [5.74, 6) is -0.681. The van der Waals surface area contributed by atoms with Crippen molar-refractivity contribution in [3.05, 3.63) is 28.4 Å². The molecule has 1 saturated heterocycles. The Balaban J connectivity index is 1.40. The molecule has 1 aliphatic carbocycles. The van der Waals surface area contributed by atoms with Crippen molar-refractivity contribution in [1.82, 2.24) is 14.9 Å². The molecule has 0 spiro atoms. The van der Waals surface area contributed by atoms with Crippen LogP contribution >= 0.6 is 11.3 Å². The minimum Gasteiger partial charge on any atom is -0.461 e. The maximum atomic E-state index is 13.1. The number of amidine groups is 1. The highest BCUT2D eigenvalue weighted by Crippen LogP contribution is 2.47. The number of likely N-dealkylation sites (tertiary alicyclic amines) is 1. The van der Waals surface area contributed by atoms with Gasteiger partial charge in [-0.1, -0.05) is 5.16 Å². The first kappa shape index (κ1) is 27.4. The van der Waals surface area contributed by atoms with E-state index in [1.807, 2.05) is 20.8 Å². The molecule has 6 N–H and O–H groups in total. The maximum Gasteiger partial charge on any atom is 0.410 e. The Morgan fingerprint density at radius 1 is 1.29 bits per heavy atom. The van der Waals surface area contributed by atoms with Gasteiger partial charge >= 0.3 is 18.1 Å². The molecule has 0 aromatic carbocycles. The molecule has 0 bridgehead atoms. The number of carbonyl (C=O) groups excluding carboxylic acids is 2. The second-order valence-corrected chi connectivity index (χ2v) is 11.9. The number of nitrogens with two attached hydrogens (primary N) is 3. The van der Waals surface area contributed by atoms with Gasteiger partial charge in [0, 0.05) is 23.2 Å². The Morgan fingerprint density at radius 3 is 2.79 bits per heavy atom. The Hall–Kier alpha value is -3.61. The van der Waals surface area contributed by atoms with Crippen LogP contribution in [0.5, 0.6) is 6.01 Å². The number of nitrogen functional groups attached to an aromatic ring is 2. The van der Waals surface area contributed by atoms with E-state index in [2.05, 4.69) is 15.1 Å². The fourth-order valence-corrected chi connectivity index (χ4v) is 5.92. The lowest BCUT2D eigenvalue weighted by atomic mass is 9.73. The van der Waals surface area contributed by atoms with E-state index in [0.29, 0.717) is 23.7 Å². The molecule has 2 aromatic rings. The molecule has 0 saturated carbocycles. The fraction of sp³-hybridized carbons (Fsp3) is 0.560. The van der Waals surface area contributed by atoms with Crippen molar-refractivity contribution in [1.29, 1.82) is 0 Å². The van der Waals surface area contributed by atoms with Crippen LogP contribution in [0.2, 0.25) is 0 Å². The quantitative estimate of drug-likeness (QED) is 0.211. The van der Waals surface area contributed by atoms with Gasteiger partial charge in [-0.3, -0.25) is 0 Å². The average molecular weight is 546 g/mol. The van der Waals surface area contributed by atoms with Gasteiger partial charge in [0.25, 0.3) is 0 Å². The molecule has 2 atom stereocenters. The number of rotatable bonds is 6. The summed E-state index contributed by atoms with van der Waals surface area (Å²) >= 11 is 1.40. The van der Waals surface area contributed by atoms with Gasteiger partial charge in [0.05, 0.1) is 17.1 Å². The monoisotopic (exact) mass is 545 g/mol. The number of nitrogens with zero attached hydrogens (tertiary/aromatic N) is 4. The van der Waals surface area contributed by atoms with Crippen LogP contribution < -0.4 is 21.9 Å². The minimum atomic E-state index is -0.975. The summed E-state index contributed by atoms with van der Waals surface area (Å²) in [6, 6.07) is 1.43. The topological polar surface area (TPSA) is 181 Å². The molecule has 12 nitrogen and oxygen atoms in total. The van der Waals surface area contributed by atoms with Crippen molar-refractivity contribution in [3.63, 3.8) is 0 Å². The molecule has 206 valence electrons. The zero-order valence-electron chi connectivity index (χ0n) is 22.2. The molecule has 4 rings (SSSR count). The number of aryl methyl sites for hydroxylation is 1. The van der Waals surface area contributed by atoms with Gasteiger partial charge in [-0.2, -0.15) is 4.98 Å². The minimum absolute atomic E-state index is 0.0634. The van der Waals surface area contributed by atoms with Gasteiger partial charge in [0.2, 0.25) is 0 Å². The van der Waals surface area contributed by atoms with Gasteiger partial charge in [-0.25, -0.2) is 14.6 Å². The van der Waals surface area contributed by atoms with Crippen molar-refractivity contribution in [3.8, 4) is 6.01 Å². The largest absolute Gasteiger partial charge is 0.461 e. The number of thiophene rings is 1. The third-order valence-electron chi connectivity index (χ3n) is 6.66. The molecule has 3 heterocycles. The summed E-state index contributed by atoms with van der Waals surface area (Å²) in [6.45, 7) is 8.06. The fourth-order valence-electron chi connectivity index (χ4n) is 4.76. The van der Waals surface area contributed by atoms with Crippen LogP contribution in [0, 0.1) is 0 Å². The molecular weight excluding hydrogens is 510 g/mol. The van der Waals surface area contributed by atoms with Crippen LogP contribution in [0.15, 0.2) is 17.4 Å². The van der Waals surface area contributed by atoms with Crippen LogP contribution in [0.3, 0.4) is 0 Å². The molecule has 0 radical (unpaired) electrons. The highest BCUT2D eigenvalue weighted by atomic mass is 32.1. The summed E-state index contributed by atoms with van der Waals surface area (Å²) in [7, 11) is 0. The van der Waals surface area contributed by atoms with E-state index in [0.717, 1.165) is 36.1 Å². The third kappa shape index (κ3) is 5.77. The Bertz CT molecular complexity index is 1240. The summed E-state index contributed by atoms with van der Waals surface area (Å²) in [6.07, 6.45) is 4.89. The number of aromatic nitrogens is 2. The Labute approximate surface area is 225 Å². The molecule has 1 fully saturated rings. The molecule has 2 aliphatic rings. The number of hydrogen-bond donors (Lipinski definition) is 3. The van der Waals surface area contributed by atoms with E-state index >= 15 is 0 Å². The zero-order valence-corrected chi connectivity index (χ0v) is 23.0. The molecule has 1 amide bonds. The number of hydrogen-bond acceptors (Lipinski definition) is 11. The number of oxime groups is 1. The first-order chi connectivity index (χ1) is 17.9. The van der Waals surface area contributed by atoms with Crippen molar-refractivity contribution in [2.24, 2.45) is 10.9 Å². The predicted molar refractivity (Wildman–Crippen MR) is 144 cm³/mol. The highest BCUT2D eigenvalue weighted by molar-refractivity contribution is 7.16. The zero-order chi connectivity index (χ0) is 27.7. The number of ether oxygens (including phenoxy) is 2. The molecule has 2 aromatic heterocycles. The van der Waals surface area contributed by atoms with E-state index in [9.17, 15) is 9.59 Å². The van der Waals surface area contributed by atoms with E-state index in [4.69, 9.17) is 31.5 Å². The lowest BCUT2D eigenvalue weighted by Crippen LogP contribution is -2.42. The molecule has 38 heavy (non-hydrogen) atoms. The summed E-state index contributed by atoms with van der Waals surface area (Å²) in [5.41, 5.74) is 18.1. The van der Waals surface area contributed by atoms with E-state index in [1.165, 1.54) is 23.6 Å². The van der Waals surface area contributed by atoms with Crippen LogP contribution in [-0.4, -0.2) is 57.6 Å². The van der Waals surface area contributed by atoms with Crippen LogP contribution in [-0.2, 0) is 26.2 Å². The summed E-state index contributed by atoms with van der Waals surface area (Å²) in [5, 5.41) is 4.33. The molecule has 0 unspecified atom stereocenters. The SMILES string of the molecule is CC(C)(C)OC(=O)N1CCC[C@H]1COc1nccc(/C(N)=N/OC(=O)[C@@]2(C)CCCc3sc(N)c(N)c32)n1. The smallest absolute Gasteiger partial charge is 0.410 e. The average Bonchev–Trinajstić information content (AvgIpc) is 3.45. The predicted octanol–water partition coefficient (Wildman–Crippen LogP) is 2.94. The third-order valence-corrected chi connectivity index (χ3v) is 7.76. The Morgan fingerprint density at radius 2 is 2.05 bits per heavy atom. The van der Waals surface area contributed by atoms with E-state index < -0.39 is 17.0 Å². The summed E-state index contributed by atoms with van der Waals surface area (Å²) in [4.78, 5) is 41.9. The second-order valence-electron chi connectivity index (χ2n) is 10.7. The van der Waals surface area contributed by atoms with Crippen molar-refractivity contribution in [2.75, 3.05) is 24.6 Å². The van der Waals surface area contributed by atoms with Crippen molar-refractivity contribution in [2.45, 2.75) is 76.9 Å². The lowest BCUT2D eigenvalue weighted by molar-refractivity contribution is -0.150. The lowest BCUT2D eigenvalue weighted by Gasteiger charge is -2.31. The van der Waals surface area contributed by atoms with Gasteiger partial charge < -0.3 is 36.4 Å². The van der Waals surface area contributed by atoms with E-state index in [1.54, 1.807) is 11.8 Å². The molecular formula is C25H35N7O5S. The normalized spacial score (nSPS) is 21.6. The standard InChI is InChI=1S/C25H35N7O5S/c1-24(2,3)36-23(34)32-12-6-7-14(32)13-35-22-29-11-9-15(30-22)19(27)31-37-21(33)25(4)10-5-8-16-17(25)18(26)20(28)38-16/h9,11,14H,5-8,10,12-13,26,28H2,1-4H3,(H2,27,31)/t14-,25-/m0/s1. The first-order valence-corrected chi connectivity index (χ1v) is 13.4. The van der Waals surface area contributed by atoms with E-state index in [-0.39, 0.29) is 36.3 Å².